The third-order valence-electron chi connectivity index (χ3n) is 5.19. The van der Waals surface area contributed by atoms with E-state index in [-0.39, 0.29) is 24.9 Å². The molecule has 27 heavy (non-hydrogen) atoms. The number of fused-ring (bicyclic) bond motifs is 2. The van der Waals surface area contributed by atoms with Crippen molar-refractivity contribution in [3.63, 3.8) is 0 Å². The van der Waals surface area contributed by atoms with Crippen LogP contribution in [-0.2, 0) is 14.4 Å². The molecule has 0 unspecified atom stereocenters. The highest BCUT2D eigenvalue weighted by molar-refractivity contribution is 6.09. The number of benzene rings is 1. The van der Waals surface area contributed by atoms with Crippen molar-refractivity contribution in [2.45, 2.75) is 25.0 Å². The van der Waals surface area contributed by atoms with Crippen LogP contribution in [0.5, 0.6) is 5.75 Å². The molecule has 2 fully saturated rings. The van der Waals surface area contributed by atoms with Gasteiger partial charge in [0.15, 0.2) is 6.10 Å². The Hall–Kier alpha value is -3.10. The second kappa shape index (κ2) is 6.57. The zero-order chi connectivity index (χ0) is 19.1. The Balaban J connectivity index is 1.56. The molecule has 0 spiro atoms. The van der Waals surface area contributed by atoms with Crippen LogP contribution in [0, 0.1) is 0 Å². The van der Waals surface area contributed by atoms with E-state index in [1.807, 2.05) is 0 Å². The van der Waals surface area contributed by atoms with E-state index in [4.69, 9.17) is 4.74 Å². The normalized spacial score (nSPS) is 23.8. The van der Waals surface area contributed by atoms with E-state index < -0.39 is 24.1 Å². The number of carbonyl (C=O) groups is 4. The molecular weight excluding hydrogens is 352 g/mol. The molecule has 9 heteroatoms. The number of anilines is 1. The Labute approximate surface area is 155 Å². The molecule has 0 radical (unpaired) electrons. The fraction of sp³-hybridized carbons (Fsp3) is 0.444. The van der Waals surface area contributed by atoms with Crippen molar-refractivity contribution in [3.05, 3.63) is 24.3 Å². The van der Waals surface area contributed by atoms with Crippen LogP contribution >= 0.6 is 0 Å². The number of imide groups is 1. The topological polar surface area (TPSA) is 99.3 Å². The van der Waals surface area contributed by atoms with E-state index in [0.29, 0.717) is 24.4 Å². The minimum Gasteiger partial charge on any atom is -0.477 e. The zero-order valence-electron chi connectivity index (χ0n) is 14.9. The fourth-order valence-corrected chi connectivity index (χ4v) is 3.82. The summed E-state index contributed by atoms with van der Waals surface area (Å²) in [6, 6.07) is 6.02. The molecule has 1 aromatic carbocycles. The summed E-state index contributed by atoms with van der Waals surface area (Å²) >= 11 is 0. The van der Waals surface area contributed by atoms with E-state index in [0.717, 1.165) is 11.3 Å². The van der Waals surface area contributed by atoms with Crippen LogP contribution in [0.3, 0.4) is 0 Å². The summed E-state index contributed by atoms with van der Waals surface area (Å²) in [4.78, 5) is 53.9. The third kappa shape index (κ3) is 2.79. The van der Waals surface area contributed by atoms with Gasteiger partial charge in [0.05, 0.1) is 12.2 Å². The minimum absolute atomic E-state index is 0.0128. The Morgan fingerprint density at radius 2 is 2.04 bits per heavy atom. The van der Waals surface area contributed by atoms with Crippen molar-refractivity contribution in [1.82, 2.24) is 15.1 Å². The summed E-state index contributed by atoms with van der Waals surface area (Å²) < 4.78 is 5.68. The molecule has 3 aliphatic rings. The smallest absolute Gasteiger partial charge is 0.327 e. The molecule has 0 aromatic heterocycles. The molecule has 0 bridgehead atoms. The van der Waals surface area contributed by atoms with Crippen LogP contribution in [0.4, 0.5) is 10.5 Å². The summed E-state index contributed by atoms with van der Waals surface area (Å²) in [5, 5.41) is 2.51. The molecule has 9 nitrogen and oxygen atoms in total. The molecular formula is C18H20N4O5. The molecule has 3 heterocycles. The lowest BCUT2D eigenvalue weighted by atomic mass is 10.1. The van der Waals surface area contributed by atoms with E-state index in [1.165, 1.54) is 16.8 Å². The average molecular weight is 372 g/mol. The monoisotopic (exact) mass is 372 g/mol. The Bertz CT molecular complexity index is 804. The maximum absolute atomic E-state index is 13.0. The number of urea groups is 1. The van der Waals surface area contributed by atoms with Gasteiger partial charge in [0, 0.05) is 13.6 Å². The second-order valence-electron chi connectivity index (χ2n) is 6.75. The van der Waals surface area contributed by atoms with E-state index in [2.05, 4.69) is 5.32 Å². The highest BCUT2D eigenvalue weighted by Gasteiger charge is 2.48. The summed E-state index contributed by atoms with van der Waals surface area (Å²) in [6.07, 6.45) is 0.574. The van der Waals surface area contributed by atoms with Gasteiger partial charge in [0.2, 0.25) is 5.91 Å². The van der Waals surface area contributed by atoms with Gasteiger partial charge < -0.3 is 19.9 Å². The second-order valence-corrected chi connectivity index (χ2v) is 6.75. The Morgan fingerprint density at radius 3 is 2.78 bits per heavy atom. The predicted molar refractivity (Wildman–Crippen MR) is 94.1 cm³/mol. The van der Waals surface area contributed by atoms with Crippen LogP contribution < -0.4 is 15.0 Å². The third-order valence-corrected chi connectivity index (χ3v) is 5.19. The molecule has 2 saturated heterocycles. The molecule has 2 atom stereocenters. The molecule has 142 valence electrons. The van der Waals surface area contributed by atoms with E-state index >= 15 is 0 Å². The summed E-state index contributed by atoms with van der Waals surface area (Å²) in [5.41, 5.74) is 0.516. The lowest BCUT2D eigenvalue weighted by molar-refractivity contribution is -0.132. The van der Waals surface area contributed by atoms with Crippen molar-refractivity contribution < 1.29 is 23.9 Å². The van der Waals surface area contributed by atoms with Crippen LogP contribution in [0.25, 0.3) is 0 Å². The summed E-state index contributed by atoms with van der Waals surface area (Å²) in [7, 11) is 1.49. The number of likely N-dealkylation sites (N-methyl/N-ethyl adjacent to an activating group) is 1. The van der Waals surface area contributed by atoms with Gasteiger partial charge in [-0.1, -0.05) is 12.1 Å². The van der Waals surface area contributed by atoms with Crippen LogP contribution in [-0.4, -0.2) is 72.4 Å². The maximum Gasteiger partial charge on any atom is 0.327 e. The number of amides is 5. The molecule has 1 N–H and O–H groups in total. The maximum atomic E-state index is 13.0. The lowest BCUT2D eigenvalue weighted by Crippen LogP contribution is -2.52. The van der Waals surface area contributed by atoms with Gasteiger partial charge in [-0.2, -0.15) is 0 Å². The first-order valence-corrected chi connectivity index (χ1v) is 8.91. The average Bonchev–Trinajstić information content (AvgIpc) is 3.26. The highest BCUT2D eigenvalue weighted by Crippen LogP contribution is 2.34. The Kier molecular flexibility index (Phi) is 4.21. The van der Waals surface area contributed by atoms with E-state index in [1.54, 1.807) is 24.3 Å². The number of hydrogen-bond donors (Lipinski definition) is 1. The molecule has 1 aromatic rings. The number of rotatable bonds is 3. The number of nitrogens with zero attached hydrogens (tertiary/aromatic N) is 3. The van der Waals surface area contributed by atoms with Gasteiger partial charge in [-0.15, -0.1) is 0 Å². The first-order valence-electron chi connectivity index (χ1n) is 8.91. The number of nitrogens with one attached hydrogen (secondary N) is 1. The number of ether oxygens (including phenoxy) is 1. The lowest BCUT2D eigenvalue weighted by Gasteiger charge is -2.34. The van der Waals surface area contributed by atoms with Crippen molar-refractivity contribution in [2.24, 2.45) is 0 Å². The van der Waals surface area contributed by atoms with E-state index in [9.17, 15) is 19.2 Å². The molecule has 3 aliphatic heterocycles. The van der Waals surface area contributed by atoms with Gasteiger partial charge in [-0.25, -0.2) is 4.79 Å². The standard InChI is InChI=1S/C18H20N4O5/c1-19-16(24)14-9-21(11-5-2-3-7-13(11)27-14)15(23)10-22-17(25)12-6-4-8-20(12)18(22)26/h2-3,5,7,12,14H,4,6,8-10H2,1H3,(H,19,24)/t12-,14+/m0/s1. The molecule has 4 rings (SSSR count). The quantitative estimate of drug-likeness (QED) is 0.751. The molecule has 0 aliphatic carbocycles. The fourth-order valence-electron chi connectivity index (χ4n) is 3.82. The number of carbonyl (C=O) groups excluding carboxylic acids is 4. The van der Waals surface area contributed by atoms with Crippen LogP contribution in [0.15, 0.2) is 24.3 Å². The van der Waals surface area contributed by atoms with Gasteiger partial charge in [-0.05, 0) is 25.0 Å². The Morgan fingerprint density at radius 1 is 1.26 bits per heavy atom. The minimum atomic E-state index is -0.859. The van der Waals surface area contributed by atoms with Crippen molar-refractivity contribution in [1.29, 1.82) is 0 Å². The van der Waals surface area contributed by atoms with Gasteiger partial charge in [-0.3, -0.25) is 19.3 Å². The predicted octanol–water partition coefficient (Wildman–Crippen LogP) is -0.0468. The van der Waals surface area contributed by atoms with Gasteiger partial charge in [0.25, 0.3) is 11.8 Å². The SMILES string of the molecule is CNC(=O)[C@H]1CN(C(=O)CN2C(=O)[C@@H]3CCCN3C2=O)c2ccccc2O1. The van der Waals surface area contributed by atoms with Crippen molar-refractivity contribution in [3.8, 4) is 5.75 Å². The highest BCUT2D eigenvalue weighted by atomic mass is 16.5. The zero-order valence-corrected chi connectivity index (χ0v) is 14.9. The first-order chi connectivity index (χ1) is 13.0. The van der Waals surface area contributed by atoms with Gasteiger partial charge in [0.1, 0.15) is 18.3 Å². The first kappa shape index (κ1) is 17.3. The molecule has 5 amide bonds. The summed E-state index contributed by atoms with van der Waals surface area (Å²) in [6.45, 7) is 0.206. The molecule has 0 saturated carbocycles. The van der Waals surface area contributed by atoms with Crippen molar-refractivity contribution >= 4 is 29.4 Å². The van der Waals surface area contributed by atoms with Gasteiger partial charge >= 0.3 is 6.03 Å². The number of hydrogen-bond acceptors (Lipinski definition) is 5. The summed E-state index contributed by atoms with van der Waals surface area (Å²) in [5.74, 6) is -0.695. The largest absolute Gasteiger partial charge is 0.477 e. The van der Waals surface area contributed by atoms with Crippen LogP contribution in [0.2, 0.25) is 0 Å². The number of para-hydroxylation sites is 2. The van der Waals surface area contributed by atoms with Crippen molar-refractivity contribution in [2.75, 3.05) is 31.6 Å². The van der Waals surface area contributed by atoms with Crippen LogP contribution in [0.1, 0.15) is 12.8 Å².